The summed E-state index contributed by atoms with van der Waals surface area (Å²) >= 11 is 0. The summed E-state index contributed by atoms with van der Waals surface area (Å²) in [6, 6.07) is 5.39. The van der Waals surface area contributed by atoms with Crippen LogP contribution in [0.3, 0.4) is 0 Å². The average Bonchev–Trinajstić information content (AvgIpc) is 2.38. The van der Waals surface area contributed by atoms with Gasteiger partial charge in [-0.1, -0.05) is 6.07 Å². The minimum Gasteiger partial charge on any atom is -0.478 e. The molecular formula is C13H20N2O4S. The first-order valence-electron chi connectivity index (χ1n) is 6.19. The Hall–Kier alpha value is -1.44. The summed E-state index contributed by atoms with van der Waals surface area (Å²) in [6.45, 7) is 1.17. The van der Waals surface area contributed by atoms with Crippen molar-refractivity contribution in [1.29, 1.82) is 0 Å². The van der Waals surface area contributed by atoms with E-state index in [1.54, 1.807) is 0 Å². The van der Waals surface area contributed by atoms with Crippen molar-refractivity contribution in [1.82, 2.24) is 9.21 Å². The van der Waals surface area contributed by atoms with Gasteiger partial charge >= 0.3 is 5.97 Å². The van der Waals surface area contributed by atoms with E-state index in [0.717, 1.165) is 6.54 Å². The third-order valence-electron chi connectivity index (χ3n) is 2.87. The predicted molar refractivity (Wildman–Crippen MR) is 76.4 cm³/mol. The normalized spacial score (nSPS) is 12.1. The molecule has 0 aliphatic rings. The number of hydrogen-bond donors (Lipinski definition) is 1. The lowest BCUT2D eigenvalue weighted by Gasteiger charge is -2.18. The molecule has 112 valence electrons. The summed E-state index contributed by atoms with van der Waals surface area (Å²) in [7, 11) is 1.70. The lowest BCUT2D eigenvalue weighted by Crippen LogP contribution is -2.30. The van der Waals surface area contributed by atoms with Crippen molar-refractivity contribution in [3.8, 4) is 0 Å². The van der Waals surface area contributed by atoms with E-state index >= 15 is 0 Å². The second kappa shape index (κ2) is 6.83. The second-order valence-corrected chi connectivity index (χ2v) is 6.86. The van der Waals surface area contributed by atoms with E-state index in [4.69, 9.17) is 5.11 Å². The maximum Gasteiger partial charge on any atom is 0.335 e. The summed E-state index contributed by atoms with van der Waals surface area (Å²) in [5.74, 6) is -1.14. The maximum absolute atomic E-state index is 12.3. The van der Waals surface area contributed by atoms with Crippen molar-refractivity contribution in [3.05, 3.63) is 29.8 Å². The van der Waals surface area contributed by atoms with E-state index in [9.17, 15) is 13.2 Å². The first kappa shape index (κ1) is 16.6. The Balaban J connectivity index is 2.87. The molecule has 1 N–H and O–H groups in total. The maximum atomic E-state index is 12.3. The fraction of sp³-hybridized carbons (Fsp3) is 0.462. The quantitative estimate of drug-likeness (QED) is 0.811. The summed E-state index contributed by atoms with van der Waals surface area (Å²) < 4.78 is 25.9. The van der Waals surface area contributed by atoms with Crippen LogP contribution in [0, 0.1) is 0 Å². The summed E-state index contributed by atoms with van der Waals surface area (Å²) in [5.41, 5.74) is -0.0345. The number of benzene rings is 1. The molecule has 0 fully saturated rings. The molecule has 0 atom stereocenters. The minimum atomic E-state index is -3.64. The Kier molecular flexibility index (Phi) is 5.67. The van der Waals surface area contributed by atoms with Gasteiger partial charge in [0.2, 0.25) is 10.0 Å². The fourth-order valence-corrected chi connectivity index (χ4v) is 2.96. The van der Waals surface area contributed by atoms with Crippen LogP contribution in [0.5, 0.6) is 0 Å². The van der Waals surface area contributed by atoms with Crippen LogP contribution in [-0.2, 0) is 10.0 Å². The molecule has 20 heavy (non-hydrogen) atoms. The highest BCUT2D eigenvalue weighted by Gasteiger charge is 2.21. The molecule has 0 unspecified atom stereocenters. The molecule has 0 aliphatic heterocycles. The average molecular weight is 300 g/mol. The molecule has 0 saturated carbocycles. The zero-order valence-corrected chi connectivity index (χ0v) is 12.7. The van der Waals surface area contributed by atoms with Gasteiger partial charge < -0.3 is 10.0 Å². The van der Waals surface area contributed by atoms with Gasteiger partial charge in [-0.2, -0.15) is 0 Å². The molecule has 1 aromatic rings. The van der Waals surface area contributed by atoms with Gasteiger partial charge in [0.05, 0.1) is 10.5 Å². The Labute approximate surface area is 119 Å². The van der Waals surface area contributed by atoms with E-state index in [1.165, 1.54) is 35.6 Å². The van der Waals surface area contributed by atoms with Crippen molar-refractivity contribution >= 4 is 16.0 Å². The number of carbonyl (C=O) groups is 1. The van der Waals surface area contributed by atoms with Crippen molar-refractivity contribution in [2.24, 2.45) is 0 Å². The first-order valence-corrected chi connectivity index (χ1v) is 7.63. The molecule has 7 heteroatoms. The third-order valence-corrected chi connectivity index (χ3v) is 4.72. The van der Waals surface area contributed by atoms with Gasteiger partial charge in [-0.05, 0) is 45.3 Å². The van der Waals surface area contributed by atoms with E-state index in [2.05, 4.69) is 0 Å². The van der Waals surface area contributed by atoms with E-state index < -0.39 is 16.0 Å². The van der Waals surface area contributed by atoms with Crippen LogP contribution in [-0.4, -0.2) is 62.9 Å². The van der Waals surface area contributed by atoms with Gasteiger partial charge in [0.25, 0.3) is 0 Å². The van der Waals surface area contributed by atoms with Crippen LogP contribution < -0.4 is 0 Å². The number of carboxylic acids is 1. The standard InChI is InChI=1S/C13H20N2O4S/c1-14(2)8-5-9-15(3)20(18,19)12-7-4-6-11(10-12)13(16)17/h4,6-7,10H,5,8-9H2,1-3H3,(H,16,17). The van der Waals surface area contributed by atoms with E-state index in [0.29, 0.717) is 13.0 Å². The summed E-state index contributed by atoms with van der Waals surface area (Å²) in [4.78, 5) is 12.9. The lowest BCUT2D eigenvalue weighted by atomic mass is 10.2. The van der Waals surface area contributed by atoms with Gasteiger partial charge in [0, 0.05) is 13.6 Å². The number of carboxylic acid groups (broad SMARTS) is 1. The molecule has 0 saturated heterocycles. The smallest absolute Gasteiger partial charge is 0.335 e. The number of rotatable bonds is 7. The first-order chi connectivity index (χ1) is 9.25. The number of nitrogens with zero attached hydrogens (tertiary/aromatic N) is 2. The fourth-order valence-electron chi connectivity index (χ4n) is 1.70. The highest BCUT2D eigenvalue weighted by molar-refractivity contribution is 7.89. The predicted octanol–water partition coefficient (Wildman–Crippen LogP) is 0.957. The largest absolute Gasteiger partial charge is 0.478 e. The summed E-state index contributed by atoms with van der Waals surface area (Å²) in [5, 5.41) is 8.90. The van der Waals surface area contributed by atoms with Gasteiger partial charge in [0.1, 0.15) is 0 Å². The molecule has 0 spiro atoms. The molecule has 0 aromatic heterocycles. The zero-order chi connectivity index (χ0) is 15.3. The van der Waals surface area contributed by atoms with Crippen molar-refractivity contribution in [3.63, 3.8) is 0 Å². The summed E-state index contributed by atoms with van der Waals surface area (Å²) in [6.07, 6.45) is 0.710. The number of hydrogen-bond acceptors (Lipinski definition) is 4. The van der Waals surface area contributed by atoms with Gasteiger partial charge in [-0.25, -0.2) is 17.5 Å². The van der Waals surface area contributed by atoms with Gasteiger partial charge in [0.15, 0.2) is 0 Å². The number of sulfonamides is 1. The Morgan fingerprint density at radius 3 is 2.40 bits per heavy atom. The molecule has 0 aliphatic carbocycles. The van der Waals surface area contributed by atoms with Crippen molar-refractivity contribution in [2.45, 2.75) is 11.3 Å². The van der Waals surface area contributed by atoms with Crippen LogP contribution in [0.2, 0.25) is 0 Å². The van der Waals surface area contributed by atoms with Crippen LogP contribution in [0.15, 0.2) is 29.2 Å². The lowest BCUT2D eigenvalue weighted by molar-refractivity contribution is 0.0696. The molecule has 1 aromatic carbocycles. The van der Waals surface area contributed by atoms with Crippen LogP contribution in [0.4, 0.5) is 0 Å². The van der Waals surface area contributed by atoms with Gasteiger partial charge in [-0.3, -0.25) is 0 Å². The van der Waals surface area contributed by atoms with Crippen LogP contribution in [0.1, 0.15) is 16.8 Å². The Morgan fingerprint density at radius 2 is 1.85 bits per heavy atom. The topological polar surface area (TPSA) is 77.9 Å². The molecule has 6 nitrogen and oxygen atoms in total. The Bertz CT molecular complexity index is 569. The van der Waals surface area contributed by atoms with Crippen molar-refractivity contribution in [2.75, 3.05) is 34.2 Å². The molecule has 0 radical (unpaired) electrons. The molecule has 0 heterocycles. The zero-order valence-electron chi connectivity index (χ0n) is 11.9. The minimum absolute atomic E-state index is 0.00440. The van der Waals surface area contributed by atoms with Crippen LogP contribution in [0.25, 0.3) is 0 Å². The third kappa shape index (κ3) is 4.29. The highest BCUT2D eigenvalue weighted by Crippen LogP contribution is 2.16. The van der Waals surface area contributed by atoms with E-state index in [1.807, 2.05) is 19.0 Å². The SMILES string of the molecule is CN(C)CCCN(C)S(=O)(=O)c1cccc(C(=O)O)c1. The molecular weight excluding hydrogens is 280 g/mol. The van der Waals surface area contributed by atoms with E-state index in [-0.39, 0.29) is 10.5 Å². The second-order valence-electron chi connectivity index (χ2n) is 4.82. The Morgan fingerprint density at radius 1 is 1.20 bits per heavy atom. The molecule has 1 rings (SSSR count). The monoisotopic (exact) mass is 300 g/mol. The van der Waals surface area contributed by atoms with Gasteiger partial charge in [-0.15, -0.1) is 0 Å². The van der Waals surface area contributed by atoms with Crippen LogP contribution >= 0.6 is 0 Å². The highest BCUT2D eigenvalue weighted by atomic mass is 32.2. The molecule has 0 bridgehead atoms. The number of aromatic carboxylic acids is 1. The van der Waals surface area contributed by atoms with Crippen molar-refractivity contribution < 1.29 is 18.3 Å². The molecule has 0 amide bonds.